The van der Waals surface area contributed by atoms with Gasteiger partial charge in [-0.2, -0.15) is 0 Å². The van der Waals surface area contributed by atoms with E-state index in [-0.39, 0.29) is 12.4 Å². The fourth-order valence-electron chi connectivity index (χ4n) is 0.368. The Labute approximate surface area is 57.6 Å². The summed E-state index contributed by atoms with van der Waals surface area (Å²) in [6.45, 7) is 3.12. The highest BCUT2D eigenvalue weighted by molar-refractivity contribution is 5.85. The average molecular weight is 136 g/mol. The second-order valence-corrected chi connectivity index (χ2v) is 1.44. The molecule has 0 rings (SSSR count). The van der Waals surface area contributed by atoms with E-state index in [9.17, 15) is 0 Å². The van der Waals surface area contributed by atoms with Gasteiger partial charge in [-0.25, -0.2) is 0 Å². The van der Waals surface area contributed by atoms with Gasteiger partial charge >= 0.3 is 0 Å². The third-order valence-electron chi connectivity index (χ3n) is 0.724. The first-order valence-electron chi connectivity index (χ1n) is 2.71. The van der Waals surface area contributed by atoms with Gasteiger partial charge in [-0.05, 0) is 13.5 Å². The van der Waals surface area contributed by atoms with Crippen LogP contribution in [-0.4, -0.2) is 13.6 Å². The van der Waals surface area contributed by atoms with E-state index in [0.29, 0.717) is 0 Å². The molecule has 1 N–H and O–H groups in total. The van der Waals surface area contributed by atoms with Crippen LogP contribution in [0.25, 0.3) is 0 Å². The zero-order valence-electron chi connectivity index (χ0n) is 5.48. The minimum absolute atomic E-state index is 0. The van der Waals surface area contributed by atoms with E-state index in [1.165, 1.54) is 0 Å². The number of halogens is 1. The minimum atomic E-state index is 0. The second kappa shape index (κ2) is 10.1. The van der Waals surface area contributed by atoms with Crippen molar-refractivity contribution in [3.05, 3.63) is 12.2 Å². The van der Waals surface area contributed by atoms with Crippen LogP contribution in [0.1, 0.15) is 13.3 Å². The number of nitrogens with one attached hydrogen (secondary N) is 1. The van der Waals surface area contributed by atoms with Crippen molar-refractivity contribution in [2.45, 2.75) is 13.3 Å². The Hall–Kier alpha value is -0.0100. The first-order chi connectivity index (χ1) is 3.41. The van der Waals surface area contributed by atoms with Crippen molar-refractivity contribution in [3.63, 3.8) is 0 Å². The number of rotatable bonds is 3. The summed E-state index contributed by atoms with van der Waals surface area (Å²) < 4.78 is 0. The van der Waals surface area contributed by atoms with Gasteiger partial charge in [0.15, 0.2) is 0 Å². The normalized spacial score (nSPS) is 9.25. The lowest BCUT2D eigenvalue weighted by atomic mass is 10.4. The highest BCUT2D eigenvalue weighted by Gasteiger charge is 1.65. The van der Waals surface area contributed by atoms with Gasteiger partial charge in [0.05, 0.1) is 0 Å². The van der Waals surface area contributed by atoms with Crippen LogP contribution in [0.4, 0.5) is 0 Å². The van der Waals surface area contributed by atoms with Gasteiger partial charge < -0.3 is 5.32 Å². The van der Waals surface area contributed by atoms with E-state index in [1.807, 2.05) is 7.05 Å². The third-order valence-corrected chi connectivity index (χ3v) is 0.724. The molecular weight excluding hydrogens is 122 g/mol. The Balaban J connectivity index is 0. The van der Waals surface area contributed by atoms with Gasteiger partial charge in [-0.1, -0.05) is 19.1 Å². The lowest BCUT2D eigenvalue weighted by Crippen LogP contribution is -2.03. The van der Waals surface area contributed by atoms with E-state index in [4.69, 9.17) is 0 Å². The smallest absolute Gasteiger partial charge is 0.0131 e. The van der Waals surface area contributed by atoms with Crippen LogP contribution < -0.4 is 5.32 Å². The van der Waals surface area contributed by atoms with Crippen LogP contribution in [0.3, 0.4) is 0 Å². The van der Waals surface area contributed by atoms with E-state index >= 15 is 0 Å². The van der Waals surface area contributed by atoms with E-state index in [2.05, 4.69) is 24.4 Å². The van der Waals surface area contributed by atoms with Crippen LogP contribution in [0.15, 0.2) is 12.2 Å². The number of likely N-dealkylation sites (N-methyl/N-ethyl adjacent to an activating group) is 1. The first-order valence-corrected chi connectivity index (χ1v) is 2.71. The van der Waals surface area contributed by atoms with Crippen molar-refractivity contribution in [2.24, 2.45) is 0 Å². The van der Waals surface area contributed by atoms with Gasteiger partial charge in [0.2, 0.25) is 0 Å². The van der Waals surface area contributed by atoms with Crippen LogP contribution in [0, 0.1) is 0 Å². The van der Waals surface area contributed by atoms with Gasteiger partial charge in [-0.15, -0.1) is 12.4 Å². The quantitative estimate of drug-likeness (QED) is 0.580. The van der Waals surface area contributed by atoms with Gasteiger partial charge in [0, 0.05) is 6.54 Å². The van der Waals surface area contributed by atoms with Crippen LogP contribution in [-0.2, 0) is 0 Å². The zero-order valence-corrected chi connectivity index (χ0v) is 6.29. The molecule has 0 saturated heterocycles. The van der Waals surface area contributed by atoms with Gasteiger partial charge in [0.25, 0.3) is 0 Å². The fraction of sp³-hybridized carbons (Fsp3) is 0.667. The molecule has 0 bridgehead atoms. The topological polar surface area (TPSA) is 12.0 Å². The highest BCUT2D eigenvalue weighted by atomic mass is 35.5. The molecule has 0 aliphatic rings. The van der Waals surface area contributed by atoms with Crippen molar-refractivity contribution >= 4 is 12.4 Å². The summed E-state index contributed by atoms with van der Waals surface area (Å²) in [5.74, 6) is 0. The molecule has 0 spiro atoms. The molecule has 0 heterocycles. The summed E-state index contributed by atoms with van der Waals surface area (Å²) in [6.07, 6.45) is 5.41. The fourth-order valence-corrected chi connectivity index (χ4v) is 0.368. The molecule has 0 amide bonds. The molecular formula is C6H14ClN. The number of hydrogen-bond acceptors (Lipinski definition) is 1. The Morgan fingerprint density at radius 1 is 1.38 bits per heavy atom. The Morgan fingerprint density at radius 3 is 2.38 bits per heavy atom. The molecule has 2 heteroatoms. The predicted molar refractivity (Wildman–Crippen MR) is 40.6 cm³/mol. The minimum Gasteiger partial charge on any atom is -0.316 e. The molecule has 0 atom stereocenters. The SMILES string of the molecule is CCC=CCNC.Cl. The molecule has 0 aromatic heterocycles. The van der Waals surface area contributed by atoms with Crippen molar-refractivity contribution in [3.8, 4) is 0 Å². The largest absolute Gasteiger partial charge is 0.316 e. The Kier molecular flexibility index (Phi) is 13.7. The molecule has 0 aromatic rings. The summed E-state index contributed by atoms with van der Waals surface area (Å²) in [5, 5.41) is 3.02. The summed E-state index contributed by atoms with van der Waals surface area (Å²) in [6, 6.07) is 0. The van der Waals surface area contributed by atoms with Crippen molar-refractivity contribution in [1.82, 2.24) is 5.32 Å². The standard InChI is InChI=1S/C6H13N.ClH/c1-3-4-5-6-7-2;/h4-5,7H,3,6H2,1-2H3;1H. The van der Waals surface area contributed by atoms with Crippen molar-refractivity contribution in [2.75, 3.05) is 13.6 Å². The second-order valence-electron chi connectivity index (χ2n) is 1.44. The summed E-state index contributed by atoms with van der Waals surface area (Å²) in [7, 11) is 1.94. The van der Waals surface area contributed by atoms with Crippen molar-refractivity contribution in [1.29, 1.82) is 0 Å². The van der Waals surface area contributed by atoms with Crippen LogP contribution in [0.2, 0.25) is 0 Å². The Bertz CT molecular complexity index is 52.5. The molecule has 50 valence electrons. The average Bonchev–Trinajstić information content (AvgIpc) is 1.69. The lowest BCUT2D eigenvalue weighted by Gasteiger charge is -1.83. The first kappa shape index (κ1) is 10.9. The lowest BCUT2D eigenvalue weighted by molar-refractivity contribution is 0.915. The summed E-state index contributed by atoms with van der Waals surface area (Å²) >= 11 is 0. The van der Waals surface area contributed by atoms with E-state index in [1.54, 1.807) is 0 Å². The van der Waals surface area contributed by atoms with Gasteiger partial charge in [0.1, 0.15) is 0 Å². The van der Waals surface area contributed by atoms with E-state index in [0.717, 1.165) is 13.0 Å². The number of allylic oxidation sites excluding steroid dienone is 1. The van der Waals surface area contributed by atoms with E-state index < -0.39 is 0 Å². The molecule has 1 nitrogen and oxygen atoms in total. The molecule has 0 aliphatic carbocycles. The summed E-state index contributed by atoms with van der Waals surface area (Å²) in [5.41, 5.74) is 0. The predicted octanol–water partition coefficient (Wildman–Crippen LogP) is 1.59. The van der Waals surface area contributed by atoms with Crippen molar-refractivity contribution < 1.29 is 0 Å². The molecule has 0 aliphatic heterocycles. The van der Waals surface area contributed by atoms with Gasteiger partial charge in [-0.3, -0.25) is 0 Å². The molecule has 0 fully saturated rings. The maximum atomic E-state index is 3.02. The molecule has 0 unspecified atom stereocenters. The molecule has 0 saturated carbocycles. The monoisotopic (exact) mass is 135 g/mol. The zero-order chi connectivity index (χ0) is 5.54. The molecule has 0 aromatic carbocycles. The molecule has 8 heavy (non-hydrogen) atoms. The highest BCUT2D eigenvalue weighted by Crippen LogP contribution is 1.75. The maximum Gasteiger partial charge on any atom is 0.0131 e. The summed E-state index contributed by atoms with van der Waals surface area (Å²) in [4.78, 5) is 0. The third kappa shape index (κ3) is 9.37. The molecule has 0 radical (unpaired) electrons. The Morgan fingerprint density at radius 2 is 2.00 bits per heavy atom. The maximum absolute atomic E-state index is 3.02. The number of hydrogen-bond donors (Lipinski definition) is 1. The van der Waals surface area contributed by atoms with Crippen LogP contribution >= 0.6 is 12.4 Å². The van der Waals surface area contributed by atoms with Crippen LogP contribution in [0.5, 0.6) is 0 Å².